The largest absolute Gasteiger partial charge is 0.380 e. The lowest BCUT2D eigenvalue weighted by Crippen LogP contribution is -2.02. The van der Waals surface area contributed by atoms with Gasteiger partial charge in [0, 0.05) is 15.0 Å². The first kappa shape index (κ1) is 14.4. The van der Waals surface area contributed by atoms with Gasteiger partial charge in [-0.15, -0.1) is 11.3 Å². The molecule has 0 spiro atoms. The van der Waals surface area contributed by atoms with E-state index in [-0.39, 0.29) is 0 Å². The molecule has 21 heavy (non-hydrogen) atoms. The second-order valence-corrected chi connectivity index (χ2v) is 6.72. The molecule has 0 radical (unpaired) electrons. The van der Waals surface area contributed by atoms with Crippen molar-refractivity contribution in [3.05, 3.63) is 86.5 Å². The lowest BCUT2D eigenvalue weighted by atomic mass is 10.0. The van der Waals surface area contributed by atoms with Gasteiger partial charge in [-0.1, -0.05) is 48.5 Å². The fourth-order valence-corrected chi connectivity index (χ4v) is 3.72. The van der Waals surface area contributed by atoms with Gasteiger partial charge in [0.25, 0.3) is 0 Å². The molecular weight excluding hydrogens is 342 g/mol. The Labute approximate surface area is 137 Å². The maximum absolute atomic E-state index is 3.58. The Morgan fingerprint density at radius 1 is 0.905 bits per heavy atom. The van der Waals surface area contributed by atoms with Gasteiger partial charge in [0.2, 0.25) is 0 Å². The molecule has 0 unspecified atom stereocenters. The molecule has 0 aliphatic heterocycles. The van der Waals surface area contributed by atoms with Crippen LogP contribution in [0, 0.1) is 0 Å². The van der Waals surface area contributed by atoms with Crippen molar-refractivity contribution in [2.75, 3.05) is 5.32 Å². The highest BCUT2D eigenvalue weighted by Gasteiger charge is 2.05. The normalized spacial score (nSPS) is 10.5. The molecule has 3 aromatic rings. The van der Waals surface area contributed by atoms with Crippen molar-refractivity contribution in [1.29, 1.82) is 0 Å². The van der Waals surface area contributed by atoms with Gasteiger partial charge < -0.3 is 5.32 Å². The zero-order valence-corrected chi connectivity index (χ0v) is 14.0. The second kappa shape index (κ2) is 6.92. The van der Waals surface area contributed by atoms with Crippen LogP contribution in [0.15, 0.2) is 70.5 Å². The first-order chi connectivity index (χ1) is 10.3. The minimum Gasteiger partial charge on any atom is -0.380 e. The number of para-hydroxylation sites is 1. The van der Waals surface area contributed by atoms with Crippen LogP contribution in [0.4, 0.5) is 5.69 Å². The quantitative estimate of drug-likeness (QED) is 0.616. The molecule has 106 valence electrons. The van der Waals surface area contributed by atoms with Gasteiger partial charge in [-0.3, -0.25) is 0 Å². The summed E-state index contributed by atoms with van der Waals surface area (Å²) in [5.74, 6) is 0. The molecule has 1 aromatic heterocycles. The summed E-state index contributed by atoms with van der Waals surface area (Å²) < 4.78 is 1.18. The molecular formula is C18H16BrNS. The summed E-state index contributed by atoms with van der Waals surface area (Å²) in [6, 6.07) is 21.2. The summed E-state index contributed by atoms with van der Waals surface area (Å²) in [4.78, 5) is 1.32. The van der Waals surface area contributed by atoms with Crippen LogP contribution in [-0.2, 0) is 13.0 Å². The van der Waals surface area contributed by atoms with E-state index < -0.39 is 0 Å². The molecule has 2 aromatic carbocycles. The van der Waals surface area contributed by atoms with Crippen LogP contribution in [0.2, 0.25) is 0 Å². The van der Waals surface area contributed by atoms with E-state index in [1.165, 1.54) is 26.2 Å². The number of hydrogen-bond donors (Lipinski definition) is 1. The summed E-state index contributed by atoms with van der Waals surface area (Å²) in [6.07, 6.45) is 0.954. The van der Waals surface area contributed by atoms with Gasteiger partial charge in [0.15, 0.2) is 0 Å². The zero-order chi connectivity index (χ0) is 14.5. The summed E-state index contributed by atoms with van der Waals surface area (Å²) in [6.45, 7) is 0.851. The summed E-state index contributed by atoms with van der Waals surface area (Å²) in [7, 11) is 0. The molecule has 0 saturated carbocycles. The highest BCUT2D eigenvalue weighted by molar-refractivity contribution is 9.10. The van der Waals surface area contributed by atoms with Crippen molar-refractivity contribution < 1.29 is 0 Å². The number of thiophene rings is 1. The molecule has 1 heterocycles. The number of rotatable bonds is 5. The number of benzene rings is 2. The monoisotopic (exact) mass is 357 g/mol. The van der Waals surface area contributed by atoms with Crippen molar-refractivity contribution in [2.24, 2.45) is 0 Å². The van der Waals surface area contributed by atoms with Gasteiger partial charge in [-0.05, 0) is 51.0 Å². The maximum Gasteiger partial charge on any atom is 0.0505 e. The summed E-state index contributed by atoms with van der Waals surface area (Å²) in [5.41, 5.74) is 3.88. The zero-order valence-electron chi connectivity index (χ0n) is 11.6. The van der Waals surface area contributed by atoms with E-state index >= 15 is 0 Å². The molecule has 3 heteroatoms. The third-order valence-corrected chi connectivity index (χ3v) is 5.31. The van der Waals surface area contributed by atoms with Gasteiger partial charge in [0.05, 0.1) is 6.54 Å². The Morgan fingerprint density at radius 2 is 1.67 bits per heavy atom. The first-order valence-electron chi connectivity index (χ1n) is 6.90. The first-order valence-corrected chi connectivity index (χ1v) is 8.58. The van der Waals surface area contributed by atoms with Crippen molar-refractivity contribution in [3.63, 3.8) is 0 Å². The van der Waals surface area contributed by atoms with E-state index in [2.05, 4.69) is 87.3 Å². The minimum absolute atomic E-state index is 0.851. The van der Waals surface area contributed by atoms with Crippen LogP contribution in [0.1, 0.15) is 16.0 Å². The van der Waals surface area contributed by atoms with Gasteiger partial charge in [-0.2, -0.15) is 0 Å². The Balaban J connectivity index is 1.75. The van der Waals surface area contributed by atoms with Crippen LogP contribution in [0.3, 0.4) is 0 Å². The second-order valence-electron chi connectivity index (χ2n) is 4.86. The van der Waals surface area contributed by atoms with E-state index in [0.717, 1.165) is 13.0 Å². The Morgan fingerprint density at radius 3 is 2.43 bits per heavy atom. The van der Waals surface area contributed by atoms with E-state index in [1.807, 2.05) is 0 Å². The molecule has 1 nitrogen and oxygen atoms in total. The Bertz CT molecular complexity index is 706. The number of nitrogens with one attached hydrogen (secondary N) is 1. The predicted molar refractivity (Wildman–Crippen MR) is 95.0 cm³/mol. The van der Waals surface area contributed by atoms with Gasteiger partial charge in [-0.25, -0.2) is 0 Å². The van der Waals surface area contributed by atoms with Gasteiger partial charge in [0.1, 0.15) is 0 Å². The van der Waals surface area contributed by atoms with Gasteiger partial charge >= 0.3 is 0 Å². The third kappa shape index (κ3) is 3.74. The lowest BCUT2D eigenvalue weighted by molar-refractivity contribution is 1.13. The average molecular weight is 358 g/mol. The standard InChI is InChI=1S/C18H16BrNS/c19-16-10-11-21-18(16)13-20-17-9-5-4-8-15(17)12-14-6-2-1-3-7-14/h1-11,20H,12-13H2. The number of hydrogen-bond acceptors (Lipinski definition) is 2. The van der Waals surface area contributed by atoms with E-state index in [4.69, 9.17) is 0 Å². The number of halogens is 1. The van der Waals surface area contributed by atoms with Crippen LogP contribution in [0.25, 0.3) is 0 Å². The summed E-state index contributed by atoms with van der Waals surface area (Å²) in [5, 5.41) is 5.67. The molecule has 0 aliphatic rings. The van der Waals surface area contributed by atoms with Crippen LogP contribution >= 0.6 is 27.3 Å². The van der Waals surface area contributed by atoms with E-state index in [1.54, 1.807) is 11.3 Å². The smallest absolute Gasteiger partial charge is 0.0505 e. The van der Waals surface area contributed by atoms with Crippen molar-refractivity contribution in [3.8, 4) is 0 Å². The van der Waals surface area contributed by atoms with Crippen molar-refractivity contribution in [1.82, 2.24) is 0 Å². The molecule has 0 saturated heterocycles. The van der Waals surface area contributed by atoms with Crippen LogP contribution in [0.5, 0.6) is 0 Å². The molecule has 1 N–H and O–H groups in total. The number of anilines is 1. The van der Waals surface area contributed by atoms with Crippen molar-refractivity contribution in [2.45, 2.75) is 13.0 Å². The molecule has 0 fully saturated rings. The minimum atomic E-state index is 0.851. The van der Waals surface area contributed by atoms with E-state index in [9.17, 15) is 0 Å². The highest BCUT2D eigenvalue weighted by atomic mass is 79.9. The Kier molecular flexibility index (Phi) is 4.73. The fourth-order valence-electron chi connectivity index (χ4n) is 2.29. The van der Waals surface area contributed by atoms with Crippen LogP contribution in [-0.4, -0.2) is 0 Å². The highest BCUT2D eigenvalue weighted by Crippen LogP contribution is 2.25. The third-order valence-electron chi connectivity index (χ3n) is 3.39. The summed E-state index contributed by atoms with van der Waals surface area (Å²) >= 11 is 5.35. The van der Waals surface area contributed by atoms with Crippen molar-refractivity contribution >= 4 is 33.0 Å². The fraction of sp³-hybridized carbons (Fsp3) is 0.111. The maximum atomic E-state index is 3.58. The lowest BCUT2D eigenvalue weighted by Gasteiger charge is -2.12. The molecule has 0 aliphatic carbocycles. The molecule has 0 bridgehead atoms. The topological polar surface area (TPSA) is 12.0 Å². The molecule has 3 rings (SSSR count). The van der Waals surface area contributed by atoms with E-state index in [0.29, 0.717) is 0 Å². The Hall–Kier alpha value is -1.58. The van der Waals surface area contributed by atoms with Crippen LogP contribution < -0.4 is 5.32 Å². The SMILES string of the molecule is Brc1ccsc1CNc1ccccc1Cc1ccccc1. The average Bonchev–Trinajstić information content (AvgIpc) is 2.93. The predicted octanol–water partition coefficient (Wildman–Crippen LogP) is 5.71. The molecule has 0 atom stereocenters. The molecule has 0 amide bonds.